The largest absolute Gasteiger partial charge is 0.324 e. The number of hydrogen-bond acceptors (Lipinski definition) is 2. The van der Waals surface area contributed by atoms with Crippen molar-refractivity contribution in [2.45, 2.75) is 19.9 Å². The molecule has 4 N–H and O–H groups in total. The second kappa shape index (κ2) is 6.21. The van der Waals surface area contributed by atoms with E-state index in [9.17, 15) is 4.79 Å². The molecule has 104 valence electrons. The number of hydrogen-bond donors (Lipinski definition) is 3. The van der Waals surface area contributed by atoms with Crippen LogP contribution in [0.15, 0.2) is 48.5 Å². The van der Waals surface area contributed by atoms with Crippen molar-refractivity contribution in [2.75, 3.05) is 10.6 Å². The second-order valence-corrected chi connectivity index (χ2v) is 4.81. The van der Waals surface area contributed by atoms with Crippen LogP contribution in [-0.4, -0.2) is 6.03 Å². The van der Waals surface area contributed by atoms with Gasteiger partial charge in [0.05, 0.1) is 0 Å². The monoisotopic (exact) mass is 269 g/mol. The minimum atomic E-state index is -0.263. The van der Waals surface area contributed by atoms with Crippen LogP contribution in [0.25, 0.3) is 0 Å². The normalized spacial score (nSPS) is 11.8. The van der Waals surface area contributed by atoms with Gasteiger partial charge in [-0.15, -0.1) is 0 Å². The molecule has 1 unspecified atom stereocenters. The van der Waals surface area contributed by atoms with Crippen LogP contribution >= 0.6 is 0 Å². The molecule has 4 heteroatoms. The van der Waals surface area contributed by atoms with Gasteiger partial charge in [0.2, 0.25) is 0 Å². The fraction of sp³-hybridized carbons (Fsp3) is 0.188. The Hall–Kier alpha value is -2.33. The highest BCUT2D eigenvalue weighted by Gasteiger charge is 2.06. The summed E-state index contributed by atoms with van der Waals surface area (Å²) in [5, 5.41) is 5.63. The first kappa shape index (κ1) is 14.1. The third kappa shape index (κ3) is 3.59. The summed E-state index contributed by atoms with van der Waals surface area (Å²) < 4.78 is 0. The zero-order valence-electron chi connectivity index (χ0n) is 11.7. The SMILES string of the molecule is Cc1ccccc1NC(=O)Nc1cccc(C(C)N)c1. The highest BCUT2D eigenvalue weighted by atomic mass is 16.2. The molecule has 2 aromatic rings. The fourth-order valence-electron chi connectivity index (χ4n) is 1.90. The summed E-state index contributed by atoms with van der Waals surface area (Å²) in [7, 11) is 0. The molecule has 0 saturated heterocycles. The summed E-state index contributed by atoms with van der Waals surface area (Å²) in [4.78, 5) is 12.0. The molecule has 1 atom stereocenters. The number of carbonyl (C=O) groups excluding carboxylic acids is 1. The van der Waals surface area contributed by atoms with Crippen LogP contribution in [0.2, 0.25) is 0 Å². The number of para-hydroxylation sites is 1. The van der Waals surface area contributed by atoms with Crippen molar-refractivity contribution in [1.29, 1.82) is 0 Å². The molecule has 0 fully saturated rings. The maximum Gasteiger partial charge on any atom is 0.323 e. The number of aryl methyl sites for hydroxylation is 1. The predicted octanol–water partition coefficient (Wildman–Crippen LogP) is 3.66. The number of anilines is 2. The van der Waals surface area contributed by atoms with E-state index in [4.69, 9.17) is 5.73 Å². The molecule has 4 nitrogen and oxygen atoms in total. The van der Waals surface area contributed by atoms with Crippen molar-refractivity contribution >= 4 is 17.4 Å². The van der Waals surface area contributed by atoms with Crippen LogP contribution in [0.4, 0.5) is 16.2 Å². The first-order valence-corrected chi connectivity index (χ1v) is 6.55. The van der Waals surface area contributed by atoms with E-state index in [0.29, 0.717) is 0 Å². The van der Waals surface area contributed by atoms with Crippen molar-refractivity contribution in [3.8, 4) is 0 Å². The van der Waals surface area contributed by atoms with Crippen LogP contribution in [0.3, 0.4) is 0 Å². The third-order valence-electron chi connectivity index (χ3n) is 3.06. The predicted molar refractivity (Wildman–Crippen MR) is 82.9 cm³/mol. The van der Waals surface area contributed by atoms with E-state index in [0.717, 1.165) is 22.5 Å². The molecular weight excluding hydrogens is 250 g/mol. The molecule has 0 radical (unpaired) electrons. The molecule has 0 heterocycles. The smallest absolute Gasteiger partial charge is 0.323 e. The molecule has 2 amide bonds. The minimum absolute atomic E-state index is 0.0591. The van der Waals surface area contributed by atoms with Crippen LogP contribution in [0.5, 0.6) is 0 Å². The molecular formula is C16H19N3O. The molecule has 0 aliphatic heterocycles. The second-order valence-electron chi connectivity index (χ2n) is 4.81. The molecule has 2 rings (SSSR count). The summed E-state index contributed by atoms with van der Waals surface area (Å²) in [6, 6.07) is 14.9. The van der Waals surface area contributed by atoms with Crippen LogP contribution < -0.4 is 16.4 Å². The molecule has 0 spiro atoms. The highest BCUT2D eigenvalue weighted by Crippen LogP contribution is 2.17. The lowest BCUT2D eigenvalue weighted by molar-refractivity contribution is 0.262. The Labute approximate surface area is 119 Å². The van der Waals surface area contributed by atoms with E-state index in [2.05, 4.69) is 10.6 Å². The van der Waals surface area contributed by atoms with Gasteiger partial charge in [0, 0.05) is 17.4 Å². The average molecular weight is 269 g/mol. The van der Waals surface area contributed by atoms with Gasteiger partial charge in [-0.25, -0.2) is 4.79 Å². The fourth-order valence-corrected chi connectivity index (χ4v) is 1.90. The number of nitrogens with one attached hydrogen (secondary N) is 2. The van der Waals surface area contributed by atoms with E-state index in [1.165, 1.54) is 0 Å². The molecule has 0 saturated carbocycles. The number of benzene rings is 2. The molecule has 0 aliphatic carbocycles. The Balaban J connectivity index is 2.05. The van der Waals surface area contributed by atoms with Crippen molar-refractivity contribution in [3.63, 3.8) is 0 Å². The van der Waals surface area contributed by atoms with Gasteiger partial charge in [-0.3, -0.25) is 0 Å². The first-order chi connectivity index (χ1) is 9.56. The standard InChI is InChI=1S/C16H19N3O/c1-11-6-3-4-9-15(11)19-16(20)18-14-8-5-7-13(10-14)12(2)17/h3-10,12H,17H2,1-2H3,(H2,18,19,20). The van der Waals surface area contributed by atoms with Crippen molar-refractivity contribution in [2.24, 2.45) is 5.73 Å². The van der Waals surface area contributed by atoms with Crippen LogP contribution in [0.1, 0.15) is 24.1 Å². The summed E-state index contributed by atoms with van der Waals surface area (Å²) in [6.07, 6.45) is 0. The van der Waals surface area contributed by atoms with Gasteiger partial charge in [0.15, 0.2) is 0 Å². The first-order valence-electron chi connectivity index (χ1n) is 6.55. The molecule has 0 aromatic heterocycles. The Morgan fingerprint density at radius 1 is 1.10 bits per heavy atom. The van der Waals surface area contributed by atoms with Gasteiger partial charge < -0.3 is 16.4 Å². The summed E-state index contributed by atoms with van der Waals surface area (Å²) in [6.45, 7) is 3.86. The van der Waals surface area contributed by atoms with Gasteiger partial charge >= 0.3 is 6.03 Å². The van der Waals surface area contributed by atoms with Crippen molar-refractivity contribution in [3.05, 3.63) is 59.7 Å². The van der Waals surface area contributed by atoms with Gasteiger partial charge in [-0.2, -0.15) is 0 Å². The average Bonchev–Trinajstić information content (AvgIpc) is 2.41. The third-order valence-corrected chi connectivity index (χ3v) is 3.06. The van der Waals surface area contributed by atoms with E-state index < -0.39 is 0 Å². The van der Waals surface area contributed by atoms with Crippen LogP contribution in [-0.2, 0) is 0 Å². The van der Waals surface area contributed by atoms with Gasteiger partial charge in [0.1, 0.15) is 0 Å². The zero-order valence-corrected chi connectivity index (χ0v) is 11.7. The maximum atomic E-state index is 12.0. The molecule has 0 aliphatic rings. The molecule has 20 heavy (non-hydrogen) atoms. The van der Waals surface area contributed by atoms with Crippen molar-refractivity contribution < 1.29 is 4.79 Å². The number of urea groups is 1. The summed E-state index contributed by atoms with van der Waals surface area (Å²) in [5.41, 5.74) is 9.36. The van der Waals surface area contributed by atoms with E-state index in [1.54, 1.807) is 0 Å². The summed E-state index contributed by atoms with van der Waals surface area (Å²) >= 11 is 0. The molecule has 0 bridgehead atoms. The quantitative estimate of drug-likeness (QED) is 0.796. The van der Waals surface area contributed by atoms with E-state index >= 15 is 0 Å². The lowest BCUT2D eigenvalue weighted by Crippen LogP contribution is -2.20. The zero-order chi connectivity index (χ0) is 14.5. The van der Waals surface area contributed by atoms with E-state index in [-0.39, 0.29) is 12.1 Å². The van der Waals surface area contributed by atoms with Crippen LogP contribution in [0, 0.1) is 6.92 Å². The Kier molecular flexibility index (Phi) is 4.38. The van der Waals surface area contributed by atoms with E-state index in [1.807, 2.05) is 62.4 Å². The molecule has 2 aromatic carbocycles. The number of amides is 2. The number of rotatable bonds is 3. The maximum absolute atomic E-state index is 12.0. The highest BCUT2D eigenvalue weighted by molar-refractivity contribution is 6.00. The number of nitrogens with two attached hydrogens (primary N) is 1. The van der Waals surface area contributed by atoms with Gasteiger partial charge in [0.25, 0.3) is 0 Å². The topological polar surface area (TPSA) is 67.2 Å². The lowest BCUT2D eigenvalue weighted by atomic mass is 10.1. The number of carbonyl (C=O) groups is 1. The summed E-state index contributed by atoms with van der Waals surface area (Å²) in [5.74, 6) is 0. The lowest BCUT2D eigenvalue weighted by Gasteiger charge is -2.11. The Bertz CT molecular complexity index is 608. The minimum Gasteiger partial charge on any atom is -0.324 e. The van der Waals surface area contributed by atoms with Gasteiger partial charge in [-0.05, 0) is 43.2 Å². The Morgan fingerprint density at radius 3 is 2.55 bits per heavy atom. The van der Waals surface area contributed by atoms with Crippen molar-refractivity contribution in [1.82, 2.24) is 0 Å². The van der Waals surface area contributed by atoms with Gasteiger partial charge in [-0.1, -0.05) is 30.3 Å². The Morgan fingerprint density at radius 2 is 1.85 bits per heavy atom.